The van der Waals surface area contributed by atoms with Crippen molar-refractivity contribution in [1.82, 2.24) is 0 Å². The molecule has 4 nitrogen and oxygen atoms in total. The molecule has 1 aromatic rings. The van der Waals surface area contributed by atoms with Gasteiger partial charge in [0.05, 0.1) is 11.2 Å². The van der Waals surface area contributed by atoms with Gasteiger partial charge in [0.25, 0.3) is 6.47 Å². The molecule has 1 fully saturated rings. The largest absolute Gasteiger partial charge is 0.494 e. The summed E-state index contributed by atoms with van der Waals surface area (Å²) in [7, 11) is -0.349. The molecule has 0 spiro atoms. The monoisotopic (exact) mass is 304 g/mol. The van der Waals surface area contributed by atoms with Crippen LogP contribution in [0.25, 0.3) is 0 Å². The van der Waals surface area contributed by atoms with E-state index in [9.17, 15) is 4.79 Å². The molecular formula is C17H25BO4. The third-order valence-corrected chi connectivity index (χ3v) is 4.50. The van der Waals surface area contributed by atoms with Crippen LogP contribution in [0.1, 0.15) is 47.1 Å². The molecule has 0 atom stereocenters. The van der Waals surface area contributed by atoms with Gasteiger partial charge in [-0.1, -0.05) is 24.3 Å². The van der Waals surface area contributed by atoms with E-state index in [1.54, 1.807) is 0 Å². The highest BCUT2D eigenvalue weighted by Crippen LogP contribution is 2.36. The van der Waals surface area contributed by atoms with E-state index in [4.69, 9.17) is 14.0 Å². The number of carbonyl (C=O) groups excluding carboxylic acids is 1. The summed E-state index contributed by atoms with van der Waals surface area (Å²) in [5, 5.41) is 0. The van der Waals surface area contributed by atoms with Crippen LogP contribution in [0, 0.1) is 0 Å². The molecule has 1 heterocycles. The maximum atomic E-state index is 10.5. The van der Waals surface area contributed by atoms with Crippen LogP contribution in [0.15, 0.2) is 24.3 Å². The van der Waals surface area contributed by atoms with Crippen molar-refractivity contribution in [2.45, 2.75) is 64.8 Å². The Hall–Kier alpha value is -1.33. The molecule has 0 aromatic heterocycles. The Kier molecular flexibility index (Phi) is 4.42. The SMILES string of the molecule is CC(C)(Cc1ccc(B2OC(C)(C)C(C)(C)O2)cc1)OC=O. The number of carbonyl (C=O) groups is 1. The Morgan fingerprint density at radius 1 is 1.09 bits per heavy atom. The van der Waals surface area contributed by atoms with Crippen molar-refractivity contribution in [2.24, 2.45) is 0 Å². The Labute approximate surface area is 133 Å². The lowest BCUT2D eigenvalue weighted by molar-refractivity contribution is -0.140. The molecule has 1 aromatic carbocycles. The molecule has 1 saturated heterocycles. The summed E-state index contributed by atoms with van der Waals surface area (Å²) in [5.41, 5.74) is 0.920. The first-order chi connectivity index (χ1) is 10.1. The summed E-state index contributed by atoms with van der Waals surface area (Å²) in [5.74, 6) is 0. The third-order valence-electron chi connectivity index (χ3n) is 4.50. The molecule has 1 aliphatic heterocycles. The average molecular weight is 304 g/mol. The van der Waals surface area contributed by atoms with E-state index in [0.29, 0.717) is 12.9 Å². The quantitative estimate of drug-likeness (QED) is 0.619. The second-order valence-electron chi connectivity index (χ2n) is 7.48. The molecular weight excluding hydrogens is 279 g/mol. The predicted octanol–water partition coefficient (Wildman–Crippen LogP) is 2.48. The van der Waals surface area contributed by atoms with Crippen LogP contribution in [-0.2, 0) is 25.3 Å². The van der Waals surface area contributed by atoms with E-state index in [2.05, 4.69) is 0 Å². The van der Waals surface area contributed by atoms with Crippen LogP contribution in [-0.4, -0.2) is 30.4 Å². The summed E-state index contributed by atoms with van der Waals surface area (Å²) < 4.78 is 17.2. The van der Waals surface area contributed by atoms with Crippen molar-refractivity contribution in [3.63, 3.8) is 0 Å². The lowest BCUT2D eigenvalue weighted by atomic mass is 9.78. The molecule has 1 aliphatic rings. The average Bonchev–Trinajstić information content (AvgIpc) is 2.58. The molecule has 5 heteroatoms. The number of rotatable bonds is 5. The maximum Gasteiger partial charge on any atom is 0.494 e. The van der Waals surface area contributed by atoms with Crippen LogP contribution in [0.4, 0.5) is 0 Å². The fourth-order valence-electron chi connectivity index (χ4n) is 2.44. The van der Waals surface area contributed by atoms with E-state index in [-0.39, 0.29) is 18.3 Å². The molecule has 0 bridgehead atoms. The van der Waals surface area contributed by atoms with Gasteiger partial charge in [-0.2, -0.15) is 0 Å². The number of hydrogen-bond acceptors (Lipinski definition) is 4. The third kappa shape index (κ3) is 3.53. The van der Waals surface area contributed by atoms with Crippen LogP contribution < -0.4 is 5.46 Å². The number of benzene rings is 1. The molecule has 0 radical (unpaired) electrons. The van der Waals surface area contributed by atoms with Gasteiger partial charge in [0.2, 0.25) is 0 Å². The van der Waals surface area contributed by atoms with Gasteiger partial charge in [-0.25, -0.2) is 0 Å². The second kappa shape index (κ2) is 5.71. The van der Waals surface area contributed by atoms with Crippen molar-refractivity contribution < 1.29 is 18.8 Å². The van der Waals surface area contributed by atoms with Crippen molar-refractivity contribution in [3.8, 4) is 0 Å². The van der Waals surface area contributed by atoms with E-state index in [1.807, 2.05) is 65.8 Å². The second-order valence-corrected chi connectivity index (χ2v) is 7.48. The zero-order valence-corrected chi connectivity index (χ0v) is 14.3. The minimum atomic E-state index is -0.506. The lowest BCUT2D eigenvalue weighted by Crippen LogP contribution is -2.41. The van der Waals surface area contributed by atoms with Crippen molar-refractivity contribution >= 4 is 19.1 Å². The van der Waals surface area contributed by atoms with Gasteiger partial charge in [-0.3, -0.25) is 4.79 Å². The predicted molar refractivity (Wildman–Crippen MR) is 87.1 cm³/mol. The van der Waals surface area contributed by atoms with Gasteiger partial charge in [0.1, 0.15) is 5.60 Å². The van der Waals surface area contributed by atoms with Gasteiger partial charge >= 0.3 is 7.12 Å². The molecule has 22 heavy (non-hydrogen) atoms. The summed E-state index contributed by atoms with van der Waals surface area (Å²) in [6.07, 6.45) is 0.662. The highest BCUT2D eigenvalue weighted by Gasteiger charge is 2.51. The fourth-order valence-corrected chi connectivity index (χ4v) is 2.44. The summed E-state index contributed by atoms with van der Waals surface area (Å²) in [4.78, 5) is 10.5. The molecule has 0 amide bonds. The van der Waals surface area contributed by atoms with Crippen molar-refractivity contribution in [2.75, 3.05) is 0 Å². The minimum absolute atomic E-state index is 0.337. The van der Waals surface area contributed by atoms with Crippen LogP contribution in [0.3, 0.4) is 0 Å². The molecule has 120 valence electrons. The zero-order valence-electron chi connectivity index (χ0n) is 14.3. The van der Waals surface area contributed by atoms with Gasteiger partial charge in [-0.05, 0) is 52.6 Å². The Balaban J connectivity index is 2.09. The Morgan fingerprint density at radius 3 is 2.05 bits per heavy atom. The van der Waals surface area contributed by atoms with E-state index >= 15 is 0 Å². The van der Waals surface area contributed by atoms with E-state index in [0.717, 1.165) is 11.0 Å². The fraction of sp³-hybridized carbons (Fsp3) is 0.588. The van der Waals surface area contributed by atoms with Gasteiger partial charge in [-0.15, -0.1) is 0 Å². The zero-order chi connectivity index (χ0) is 16.6. The molecule has 0 unspecified atom stereocenters. The van der Waals surface area contributed by atoms with Crippen LogP contribution in [0.5, 0.6) is 0 Å². The first kappa shape index (κ1) is 17.0. The molecule has 0 N–H and O–H groups in total. The van der Waals surface area contributed by atoms with Crippen LogP contribution >= 0.6 is 0 Å². The summed E-state index contributed by atoms with van der Waals surface area (Å²) >= 11 is 0. The number of hydrogen-bond donors (Lipinski definition) is 0. The Morgan fingerprint density at radius 2 is 1.59 bits per heavy atom. The molecule has 0 aliphatic carbocycles. The highest BCUT2D eigenvalue weighted by atomic mass is 16.7. The highest BCUT2D eigenvalue weighted by molar-refractivity contribution is 6.62. The first-order valence-corrected chi connectivity index (χ1v) is 7.62. The first-order valence-electron chi connectivity index (χ1n) is 7.62. The minimum Gasteiger partial charge on any atom is -0.462 e. The molecule has 2 rings (SSSR count). The Bertz CT molecular complexity index is 518. The van der Waals surface area contributed by atoms with Crippen molar-refractivity contribution in [1.29, 1.82) is 0 Å². The standard InChI is InChI=1S/C17H25BO4/c1-15(2,20-12-19)11-13-7-9-14(10-8-13)18-21-16(3,4)17(5,6)22-18/h7-10,12H,11H2,1-6H3. The number of ether oxygens (including phenoxy) is 1. The van der Waals surface area contributed by atoms with E-state index in [1.165, 1.54) is 0 Å². The summed E-state index contributed by atoms with van der Waals surface area (Å²) in [6.45, 7) is 12.5. The maximum absolute atomic E-state index is 10.5. The van der Waals surface area contributed by atoms with E-state index < -0.39 is 5.60 Å². The van der Waals surface area contributed by atoms with Gasteiger partial charge < -0.3 is 14.0 Å². The smallest absolute Gasteiger partial charge is 0.462 e. The van der Waals surface area contributed by atoms with Gasteiger partial charge in [0, 0.05) is 6.42 Å². The normalized spacial score (nSPS) is 20.0. The molecule has 0 saturated carbocycles. The summed E-state index contributed by atoms with van der Waals surface area (Å²) in [6, 6.07) is 8.06. The lowest BCUT2D eigenvalue weighted by Gasteiger charge is -2.32. The van der Waals surface area contributed by atoms with Crippen LogP contribution in [0.2, 0.25) is 0 Å². The topological polar surface area (TPSA) is 44.8 Å². The van der Waals surface area contributed by atoms with Gasteiger partial charge in [0.15, 0.2) is 0 Å². The van der Waals surface area contributed by atoms with Crippen molar-refractivity contribution in [3.05, 3.63) is 29.8 Å².